The molecule has 0 saturated heterocycles. The van der Waals surface area contributed by atoms with Gasteiger partial charge in [-0.2, -0.15) is 0 Å². The zero-order valence-electron chi connectivity index (χ0n) is 13.7. The maximum atomic E-state index is 10.6. The maximum absolute atomic E-state index is 10.6. The minimum Gasteiger partial charge on any atom is -0.496 e. The molecule has 2 atom stereocenters. The van der Waals surface area contributed by atoms with Crippen LogP contribution in [0.15, 0.2) is 12.1 Å². The first-order valence-corrected chi connectivity index (χ1v) is 7.43. The molecule has 0 bridgehead atoms. The number of hydrogen-bond donors (Lipinski definition) is 2. The van der Waals surface area contributed by atoms with Crippen molar-refractivity contribution in [3.05, 3.63) is 28.8 Å². The zero-order chi connectivity index (χ0) is 15.3. The number of rotatable bonds is 7. The van der Waals surface area contributed by atoms with Crippen LogP contribution in [-0.4, -0.2) is 24.8 Å². The van der Waals surface area contributed by atoms with E-state index >= 15 is 0 Å². The number of hydrogen-bond acceptors (Lipinski definition) is 3. The van der Waals surface area contributed by atoms with Gasteiger partial charge in [0.25, 0.3) is 0 Å². The number of aryl methyl sites for hydroxylation is 2. The van der Waals surface area contributed by atoms with E-state index in [0.29, 0.717) is 5.92 Å². The predicted octanol–water partition coefficient (Wildman–Crippen LogP) is 3.37. The second-order valence-electron chi connectivity index (χ2n) is 6.07. The standard InChI is InChI=1S/C17H29NO2/c1-11(2)7-8-18-14(5)16(19)15-10-12(3)9-13(4)17(15)20-6/h9-11,14,16,18-19H,7-8H2,1-6H3. The van der Waals surface area contributed by atoms with E-state index in [9.17, 15) is 5.11 Å². The Balaban J connectivity index is 2.82. The Kier molecular flexibility index (Phi) is 6.50. The fourth-order valence-corrected chi connectivity index (χ4v) is 2.47. The van der Waals surface area contributed by atoms with Crippen LogP contribution in [0.1, 0.15) is 50.0 Å². The average Bonchev–Trinajstić information content (AvgIpc) is 2.36. The Labute approximate surface area is 123 Å². The van der Waals surface area contributed by atoms with Gasteiger partial charge in [-0.25, -0.2) is 0 Å². The third-order valence-corrected chi connectivity index (χ3v) is 3.63. The smallest absolute Gasteiger partial charge is 0.127 e. The van der Waals surface area contributed by atoms with Gasteiger partial charge >= 0.3 is 0 Å². The molecule has 0 aliphatic carbocycles. The van der Waals surface area contributed by atoms with Gasteiger partial charge in [0.2, 0.25) is 0 Å². The molecule has 3 nitrogen and oxygen atoms in total. The van der Waals surface area contributed by atoms with Gasteiger partial charge in [0.05, 0.1) is 13.2 Å². The van der Waals surface area contributed by atoms with Gasteiger partial charge in [-0.15, -0.1) is 0 Å². The second-order valence-corrected chi connectivity index (χ2v) is 6.07. The molecule has 2 unspecified atom stereocenters. The van der Waals surface area contributed by atoms with Gasteiger partial charge < -0.3 is 15.2 Å². The third kappa shape index (κ3) is 4.50. The molecule has 1 rings (SSSR count). The van der Waals surface area contributed by atoms with Crippen molar-refractivity contribution >= 4 is 0 Å². The van der Waals surface area contributed by atoms with Crippen LogP contribution in [0, 0.1) is 19.8 Å². The van der Waals surface area contributed by atoms with Crippen LogP contribution in [0.3, 0.4) is 0 Å². The number of aliphatic hydroxyl groups is 1. The summed E-state index contributed by atoms with van der Waals surface area (Å²) in [5.41, 5.74) is 3.08. The van der Waals surface area contributed by atoms with Crippen LogP contribution in [0.4, 0.5) is 0 Å². The summed E-state index contributed by atoms with van der Waals surface area (Å²) < 4.78 is 5.46. The lowest BCUT2D eigenvalue weighted by atomic mass is 9.97. The summed E-state index contributed by atoms with van der Waals surface area (Å²) in [4.78, 5) is 0. The van der Waals surface area contributed by atoms with Crippen molar-refractivity contribution in [3.63, 3.8) is 0 Å². The monoisotopic (exact) mass is 279 g/mol. The lowest BCUT2D eigenvalue weighted by molar-refractivity contribution is 0.132. The molecular weight excluding hydrogens is 250 g/mol. The average molecular weight is 279 g/mol. The molecule has 0 heterocycles. The Hall–Kier alpha value is -1.06. The minimum absolute atomic E-state index is 0.00356. The van der Waals surface area contributed by atoms with Crippen LogP contribution in [0.2, 0.25) is 0 Å². The van der Waals surface area contributed by atoms with Gasteiger partial charge in [0.15, 0.2) is 0 Å². The third-order valence-electron chi connectivity index (χ3n) is 3.63. The van der Waals surface area contributed by atoms with Crippen LogP contribution in [0.25, 0.3) is 0 Å². The lowest BCUT2D eigenvalue weighted by Gasteiger charge is -2.24. The van der Waals surface area contributed by atoms with Crippen molar-refractivity contribution < 1.29 is 9.84 Å². The fourth-order valence-electron chi connectivity index (χ4n) is 2.47. The van der Waals surface area contributed by atoms with E-state index in [1.165, 1.54) is 0 Å². The van der Waals surface area contributed by atoms with E-state index in [4.69, 9.17) is 4.74 Å². The van der Waals surface area contributed by atoms with Crippen LogP contribution in [-0.2, 0) is 0 Å². The molecule has 0 fully saturated rings. The molecule has 20 heavy (non-hydrogen) atoms. The Morgan fingerprint density at radius 3 is 2.40 bits per heavy atom. The highest BCUT2D eigenvalue weighted by Gasteiger charge is 2.21. The normalized spacial score (nSPS) is 14.4. The van der Waals surface area contributed by atoms with E-state index in [0.717, 1.165) is 35.4 Å². The van der Waals surface area contributed by atoms with Crippen molar-refractivity contribution in [2.75, 3.05) is 13.7 Å². The van der Waals surface area contributed by atoms with E-state index in [1.807, 2.05) is 26.8 Å². The summed E-state index contributed by atoms with van der Waals surface area (Å²) in [6, 6.07) is 4.09. The first kappa shape index (κ1) is 17.0. The summed E-state index contributed by atoms with van der Waals surface area (Å²) in [7, 11) is 1.66. The summed E-state index contributed by atoms with van der Waals surface area (Å²) in [5.74, 6) is 1.46. The van der Waals surface area contributed by atoms with E-state index in [1.54, 1.807) is 7.11 Å². The molecule has 0 aromatic heterocycles. The second kappa shape index (κ2) is 7.65. The number of ether oxygens (including phenoxy) is 1. The minimum atomic E-state index is -0.560. The molecule has 1 aromatic carbocycles. The van der Waals surface area contributed by atoms with Gasteiger partial charge in [-0.05, 0) is 51.3 Å². The van der Waals surface area contributed by atoms with E-state index in [-0.39, 0.29) is 6.04 Å². The highest BCUT2D eigenvalue weighted by Crippen LogP contribution is 2.31. The maximum Gasteiger partial charge on any atom is 0.127 e. The van der Waals surface area contributed by atoms with Crippen LogP contribution in [0.5, 0.6) is 5.75 Å². The molecule has 0 aliphatic heterocycles. The van der Waals surface area contributed by atoms with E-state index in [2.05, 4.69) is 25.2 Å². The van der Waals surface area contributed by atoms with Gasteiger partial charge in [-0.3, -0.25) is 0 Å². The summed E-state index contributed by atoms with van der Waals surface area (Å²) in [6.45, 7) is 11.4. The van der Waals surface area contributed by atoms with Crippen molar-refractivity contribution in [3.8, 4) is 5.75 Å². The van der Waals surface area contributed by atoms with Crippen molar-refractivity contribution in [2.45, 2.75) is 53.2 Å². The number of methoxy groups -OCH3 is 1. The van der Waals surface area contributed by atoms with Crippen molar-refractivity contribution in [1.29, 1.82) is 0 Å². The number of nitrogens with one attached hydrogen (secondary N) is 1. The highest BCUT2D eigenvalue weighted by atomic mass is 16.5. The first-order valence-electron chi connectivity index (χ1n) is 7.43. The molecule has 0 radical (unpaired) electrons. The molecule has 1 aromatic rings. The highest BCUT2D eigenvalue weighted by molar-refractivity contribution is 5.45. The van der Waals surface area contributed by atoms with Crippen molar-refractivity contribution in [2.24, 2.45) is 5.92 Å². The summed E-state index contributed by atoms with van der Waals surface area (Å²) in [5, 5.41) is 14.0. The van der Waals surface area contributed by atoms with Crippen molar-refractivity contribution in [1.82, 2.24) is 5.32 Å². The Morgan fingerprint density at radius 1 is 1.20 bits per heavy atom. The van der Waals surface area contributed by atoms with Gasteiger partial charge in [-0.1, -0.05) is 25.5 Å². The fraction of sp³-hybridized carbons (Fsp3) is 0.647. The molecular formula is C17H29NO2. The largest absolute Gasteiger partial charge is 0.496 e. The molecule has 114 valence electrons. The van der Waals surface area contributed by atoms with Crippen LogP contribution >= 0.6 is 0 Å². The quantitative estimate of drug-likeness (QED) is 0.804. The van der Waals surface area contributed by atoms with Gasteiger partial charge in [0.1, 0.15) is 5.75 Å². The first-order chi connectivity index (χ1) is 9.36. The van der Waals surface area contributed by atoms with Crippen LogP contribution < -0.4 is 10.1 Å². The molecule has 0 saturated carbocycles. The molecule has 3 heteroatoms. The van der Waals surface area contributed by atoms with E-state index < -0.39 is 6.10 Å². The summed E-state index contributed by atoms with van der Waals surface area (Å²) >= 11 is 0. The Morgan fingerprint density at radius 2 is 1.85 bits per heavy atom. The Bertz CT molecular complexity index is 429. The predicted molar refractivity (Wildman–Crippen MR) is 84.3 cm³/mol. The SMILES string of the molecule is COc1c(C)cc(C)cc1C(O)C(C)NCCC(C)C. The molecule has 0 aliphatic rings. The molecule has 0 amide bonds. The van der Waals surface area contributed by atoms with Gasteiger partial charge in [0, 0.05) is 11.6 Å². The number of aliphatic hydroxyl groups excluding tert-OH is 1. The topological polar surface area (TPSA) is 41.5 Å². The summed E-state index contributed by atoms with van der Waals surface area (Å²) in [6.07, 6.45) is 0.553. The number of benzene rings is 1. The lowest BCUT2D eigenvalue weighted by Crippen LogP contribution is -2.33. The molecule has 0 spiro atoms. The zero-order valence-corrected chi connectivity index (χ0v) is 13.7. The molecule has 2 N–H and O–H groups in total.